The number of anilines is 2. The third-order valence-electron chi connectivity index (χ3n) is 4.26. The Kier molecular flexibility index (Phi) is 9.47. The van der Waals surface area contributed by atoms with E-state index in [1.165, 1.54) is 4.68 Å². The summed E-state index contributed by atoms with van der Waals surface area (Å²) in [6.45, 7) is 0. The molecule has 4 aromatic heterocycles. The fourth-order valence-corrected chi connectivity index (χ4v) is 2.26. The number of imidazole rings is 2. The van der Waals surface area contributed by atoms with E-state index in [1.54, 1.807) is 43.6 Å². The van der Waals surface area contributed by atoms with Crippen LogP contribution in [0.4, 0.5) is 34.9 Å². The van der Waals surface area contributed by atoms with Crippen LogP contribution >= 0.6 is 0 Å². The largest absolute Gasteiger partial charge is 0.726 e. The number of azo groups is 2. The van der Waals surface area contributed by atoms with Gasteiger partial charge in [-0.1, -0.05) is 5.11 Å². The first-order valence-corrected chi connectivity index (χ1v) is 11.2. The predicted octanol–water partition coefficient (Wildman–Crippen LogP) is 0.815. The van der Waals surface area contributed by atoms with E-state index in [1.807, 2.05) is 35.6 Å². The van der Waals surface area contributed by atoms with Crippen molar-refractivity contribution in [1.29, 1.82) is 0 Å². The van der Waals surface area contributed by atoms with Crippen LogP contribution in [-0.4, -0.2) is 54.2 Å². The molecule has 0 saturated carbocycles. The van der Waals surface area contributed by atoms with Crippen molar-refractivity contribution in [3.63, 3.8) is 0 Å². The Balaban J connectivity index is 0.000000209. The maximum absolute atomic E-state index is 9.22. The van der Waals surface area contributed by atoms with Gasteiger partial charge in [0.05, 0.1) is 46.0 Å². The summed E-state index contributed by atoms with van der Waals surface area (Å²) in [5, 5.41) is 23.8. The van der Waals surface area contributed by atoms with E-state index in [2.05, 4.69) is 44.8 Å². The van der Waals surface area contributed by atoms with E-state index in [0.717, 1.165) is 13.1 Å². The van der Waals surface area contributed by atoms with E-state index in [-0.39, 0.29) is 0 Å². The molecule has 19 heteroatoms. The molecule has 4 aromatic rings. The zero-order valence-electron chi connectivity index (χ0n) is 20.1. The summed E-state index contributed by atoms with van der Waals surface area (Å²) in [6.07, 6.45) is 10.2. The number of nitrogens with zero attached hydrogens (tertiary/aromatic N) is 11. The number of hydrogen-bond acceptors (Lipinski definition) is 13. The second-order valence-corrected chi connectivity index (χ2v) is 7.93. The monoisotopic (exact) mass is 522 g/mol. The van der Waals surface area contributed by atoms with E-state index >= 15 is 0 Å². The van der Waals surface area contributed by atoms with E-state index in [9.17, 15) is 13.0 Å². The Morgan fingerprint density at radius 1 is 1.03 bits per heavy atom. The van der Waals surface area contributed by atoms with Gasteiger partial charge in [-0.3, -0.25) is 13.5 Å². The topological polar surface area (TPSA) is 241 Å². The van der Waals surface area contributed by atoms with Gasteiger partial charge in [0.1, 0.15) is 11.5 Å². The second-order valence-electron chi connectivity index (χ2n) is 6.78. The molecule has 0 aliphatic carbocycles. The normalized spacial score (nSPS) is 11.4. The Bertz CT molecular complexity index is 1400. The van der Waals surface area contributed by atoms with Gasteiger partial charge in [0.25, 0.3) is 0 Å². The number of aromatic nitrogens is 8. The van der Waals surface area contributed by atoms with Crippen LogP contribution in [0.15, 0.2) is 57.6 Å². The number of aryl methyl sites for hydroxylation is 4. The lowest BCUT2D eigenvalue weighted by atomic mass is 10.5. The van der Waals surface area contributed by atoms with Crippen LogP contribution < -0.4 is 16.0 Å². The number of rotatable bonds is 5. The van der Waals surface area contributed by atoms with Crippen molar-refractivity contribution in [2.75, 3.05) is 18.6 Å². The number of nitrogen functional groups attached to an aromatic ring is 2. The minimum absolute atomic E-state index is 0.438. The minimum atomic E-state index is -4.41. The van der Waals surface area contributed by atoms with Gasteiger partial charge in [0.2, 0.25) is 16.3 Å². The van der Waals surface area contributed by atoms with Crippen LogP contribution in [-0.2, 0) is 42.8 Å². The lowest BCUT2D eigenvalue weighted by molar-refractivity contribution is -0.657. The third kappa shape index (κ3) is 8.07. The molecule has 5 N–H and O–H groups in total. The van der Waals surface area contributed by atoms with E-state index in [0.29, 0.717) is 29.0 Å². The molecule has 194 valence electrons. The lowest BCUT2D eigenvalue weighted by Gasteiger charge is -1.98. The summed E-state index contributed by atoms with van der Waals surface area (Å²) < 4.78 is 37.8. The van der Waals surface area contributed by atoms with Crippen molar-refractivity contribution in [1.82, 2.24) is 34.1 Å². The van der Waals surface area contributed by atoms with Crippen molar-refractivity contribution >= 4 is 45.3 Å². The fraction of sp³-hybridized carbons (Fsp3) is 0.294. The summed E-state index contributed by atoms with van der Waals surface area (Å²) in [4.78, 5) is 6.68. The molecule has 4 heterocycles. The number of H-pyrrole nitrogens is 1. The number of nitrogens with two attached hydrogens (primary N) is 2. The van der Waals surface area contributed by atoms with Crippen molar-refractivity contribution in [3.05, 3.63) is 37.2 Å². The Morgan fingerprint density at radius 3 is 1.92 bits per heavy atom. The number of nitrogens with one attached hydrogen (secondary N) is 1. The van der Waals surface area contributed by atoms with Crippen LogP contribution in [0, 0.1) is 0 Å². The molecule has 0 unspecified atom stereocenters. The average Bonchev–Trinajstić information content (AvgIpc) is 3.61. The molecule has 0 saturated heterocycles. The first-order chi connectivity index (χ1) is 16.9. The molecular formula is C17H26N14O4S. The predicted molar refractivity (Wildman–Crippen MR) is 125 cm³/mol. The molecule has 4 rings (SSSR count). The molecule has 0 atom stereocenters. The molecule has 0 radical (unpaired) electrons. The lowest BCUT2D eigenvalue weighted by Crippen LogP contribution is -2.25. The molecule has 0 aliphatic rings. The third-order valence-corrected chi connectivity index (χ3v) is 4.67. The molecule has 0 aliphatic heterocycles. The zero-order valence-corrected chi connectivity index (χ0v) is 20.9. The summed E-state index contributed by atoms with van der Waals surface area (Å²) >= 11 is 0. The van der Waals surface area contributed by atoms with Crippen molar-refractivity contribution < 1.29 is 21.7 Å². The van der Waals surface area contributed by atoms with Crippen LogP contribution in [0.1, 0.15) is 0 Å². The first-order valence-electron chi connectivity index (χ1n) is 9.83. The van der Waals surface area contributed by atoms with Gasteiger partial charge in [-0.15, -0.1) is 10.2 Å². The molecular weight excluding hydrogens is 496 g/mol. The molecule has 0 bridgehead atoms. The highest BCUT2D eigenvalue weighted by molar-refractivity contribution is 7.80. The highest BCUT2D eigenvalue weighted by Gasteiger charge is 2.12. The standard InChI is InChI=1S/C9H13N7.C7H9N7.CH4O4S/c1-14-4-5-15(2)9(14)13-12-7-6-11-16(3)8(7)10;1-14-6(8)5(4-11-14)12-13-7-9-2-3-10-7;1-5-6(2,3)4/h4-6,10H,1-3H3;2-4H,8H2,1H3,(H,9,10);1H3,(H,2,3,4). The average molecular weight is 523 g/mol. The second kappa shape index (κ2) is 12.3. The first kappa shape index (κ1) is 27.8. The molecule has 0 fully saturated rings. The number of hydrogen-bond donors (Lipinski definition) is 3. The molecule has 0 aromatic carbocycles. The van der Waals surface area contributed by atoms with Gasteiger partial charge < -0.3 is 21.0 Å². The smallest absolute Gasteiger partial charge is 0.421 e. The summed E-state index contributed by atoms with van der Waals surface area (Å²) in [7, 11) is 3.70. The van der Waals surface area contributed by atoms with Crippen molar-refractivity contribution in [2.24, 2.45) is 48.6 Å². The fourth-order valence-electron chi connectivity index (χ4n) is 2.26. The summed E-state index contributed by atoms with van der Waals surface area (Å²) in [5.74, 6) is 2.15. The maximum Gasteiger partial charge on any atom is 0.421 e. The van der Waals surface area contributed by atoms with Crippen LogP contribution in [0.25, 0.3) is 0 Å². The Morgan fingerprint density at radius 2 is 1.56 bits per heavy atom. The van der Waals surface area contributed by atoms with Crippen LogP contribution in [0.5, 0.6) is 0 Å². The maximum atomic E-state index is 9.22. The highest BCUT2D eigenvalue weighted by atomic mass is 32.3. The Labute approximate surface area is 205 Å². The number of aromatic amines is 1. The van der Waals surface area contributed by atoms with Gasteiger partial charge in [0, 0.05) is 31.6 Å². The highest BCUT2D eigenvalue weighted by Crippen LogP contribution is 2.22. The van der Waals surface area contributed by atoms with Crippen LogP contribution in [0.2, 0.25) is 0 Å². The summed E-state index contributed by atoms with van der Waals surface area (Å²) in [6, 6.07) is 0. The SMILES string of the molecule is COS(=O)(=O)[O-].Cn1cc[n+](C)c1N=Nc1cnn(C)c1N.Cn1ncc(N=Nc2ncc[nH]2)c1N. The van der Waals surface area contributed by atoms with Gasteiger partial charge in [-0.2, -0.15) is 10.2 Å². The quantitative estimate of drug-likeness (QED) is 0.145. The van der Waals surface area contributed by atoms with Gasteiger partial charge >= 0.3 is 5.95 Å². The van der Waals surface area contributed by atoms with E-state index in [4.69, 9.17) is 11.5 Å². The molecule has 0 spiro atoms. The Hall–Kier alpha value is -4.49. The van der Waals surface area contributed by atoms with Crippen molar-refractivity contribution in [2.45, 2.75) is 0 Å². The van der Waals surface area contributed by atoms with Gasteiger partial charge in [-0.25, -0.2) is 22.5 Å². The molecule has 0 amide bonds. The summed E-state index contributed by atoms with van der Waals surface area (Å²) in [5.41, 5.74) is 12.5. The van der Waals surface area contributed by atoms with Crippen LogP contribution in [0.3, 0.4) is 0 Å². The van der Waals surface area contributed by atoms with E-state index < -0.39 is 10.4 Å². The van der Waals surface area contributed by atoms with Crippen molar-refractivity contribution in [3.8, 4) is 0 Å². The molecule has 18 nitrogen and oxygen atoms in total. The van der Waals surface area contributed by atoms with Gasteiger partial charge in [0.15, 0.2) is 11.5 Å². The zero-order chi connectivity index (χ0) is 26.9. The molecule has 36 heavy (non-hydrogen) atoms. The minimum Gasteiger partial charge on any atom is -0.726 e. The van der Waals surface area contributed by atoms with Gasteiger partial charge in [-0.05, 0) is 0 Å².